The fourth-order valence-electron chi connectivity index (χ4n) is 3.93. The van der Waals surface area contributed by atoms with Gasteiger partial charge in [0.2, 0.25) is 5.91 Å². The van der Waals surface area contributed by atoms with Crippen LogP contribution in [0.1, 0.15) is 31.9 Å². The molecule has 0 saturated carbocycles. The summed E-state index contributed by atoms with van der Waals surface area (Å²) in [7, 11) is 0. The molecule has 33 heavy (non-hydrogen) atoms. The molecule has 4 aromatic rings. The van der Waals surface area contributed by atoms with Crippen LogP contribution in [-0.4, -0.2) is 36.0 Å². The average Bonchev–Trinajstić information content (AvgIpc) is 3.35. The average molecular weight is 464 g/mol. The summed E-state index contributed by atoms with van der Waals surface area (Å²) in [5.41, 5.74) is 7.60. The smallest absolute Gasteiger partial charge is 0.240 e. The monoisotopic (exact) mass is 463 g/mol. The van der Waals surface area contributed by atoms with Crippen molar-refractivity contribution in [3.05, 3.63) is 59.8 Å². The lowest BCUT2D eigenvalue weighted by molar-refractivity contribution is -0.119. The summed E-state index contributed by atoms with van der Waals surface area (Å²) in [4.78, 5) is 31.3. The van der Waals surface area contributed by atoms with E-state index in [4.69, 9.17) is 10.7 Å². The predicted molar refractivity (Wildman–Crippen MR) is 125 cm³/mol. The van der Waals surface area contributed by atoms with E-state index in [1.54, 1.807) is 43.2 Å². The molecule has 1 aromatic carbocycles. The minimum atomic E-state index is -1.13. The lowest BCUT2D eigenvalue weighted by atomic mass is 9.78. The van der Waals surface area contributed by atoms with E-state index in [9.17, 15) is 9.18 Å². The number of carbonyl (C=O) groups is 1. The predicted octanol–water partition coefficient (Wildman–Crippen LogP) is 3.91. The van der Waals surface area contributed by atoms with Gasteiger partial charge in [-0.1, -0.05) is 26.0 Å². The molecule has 0 radical (unpaired) electrons. The van der Waals surface area contributed by atoms with Crippen molar-refractivity contribution >= 4 is 35.0 Å². The number of thioether (sulfide) groups is 1. The Labute approximate surface area is 193 Å². The van der Waals surface area contributed by atoms with Crippen LogP contribution in [0.4, 0.5) is 16.0 Å². The number of carbonyl (C=O) groups excluding carboxylic acids is 1. The quantitative estimate of drug-likeness (QED) is 0.432. The molecule has 1 atom stereocenters. The highest BCUT2D eigenvalue weighted by Gasteiger charge is 2.47. The van der Waals surface area contributed by atoms with Crippen molar-refractivity contribution in [1.82, 2.24) is 24.3 Å². The second-order valence-corrected chi connectivity index (χ2v) is 9.55. The molecule has 1 aliphatic rings. The fraction of sp³-hybridized carbons (Fsp3) is 0.261. The van der Waals surface area contributed by atoms with E-state index < -0.39 is 5.41 Å². The molecular formula is C23H22FN7OS. The zero-order chi connectivity index (χ0) is 23.3. The largest absolute Gasteiger partial charge is 0.383 e. The molecule has 1 aliphatic heterocycles. The number of nitrogens with one attached hydrogen (secondary N) is 1. The summed E-state index contributed by atoms with van der Waals surface area (Å²) in [6, 6.07) is 5.78. The highest BCUT2D eigenvalue weighted by molar-refractivity contribution is 7.99. The van der Waals surface area contributed by atoms with Gasteiger partial charge in [0.05, 0.1) is 5.56 Å². The molecule has 8 nitrogen and oxygen atoms in total. The van der Waals surface area contributed by atoms with E-state index in [1.807, 2.05) is 10.6 Å². The summed E-state index contributed by atoms with van der Waals surface area (Å²) >= 11 is 1.62. The number of anilines is 2. The topological polar surface area (TPSA) is 111 Å². The first-order valence-electron chi connectivity index (χ1n) is 10.5. The number of imidazole rings is 1. The number of rotatable bonds is 5. The van der Waals surface area contributed by atoms with Crippen LogP contribution < -0.4 is 11.1 Å². The lowest BCUT2D eigenvalue weighted by Crippen LogP contribution is -2.33. The molecule has 0 aliphatic carbocycles. The maximum absolute atomic E-state index is 13.5. The maximum atomic E-state index is 13.5. The number of fused-ring (bicyclic) bond motifs is 2. The van der Waals surface area contributed by atoms with Crippen LogP contribution in [0.15, 0.2) is 47.9 Å². The van der Waals surface area contributed by atoms with Gasteiger partial charge in [0.1, 0.15) is 33.6 Å². The van der Waals surface area contributed by atoms with Gasteiger partial charge in [0.15, 0.2) is 11.5 Å². The van der Waals surface area contributed by atoms with Crippen molar-refractivity contribution in [3.8, 4) is 11.5 Å². The number of amides is 1. The zero-order valence-corrected chi connectivity index (χ0v) is 19.2. The molecule has 168 valence electrons. The maximum Gasteiger partial charge on any atom is 0.240 e. The summed E-state index contributed by atoms with van der Waals surface area (Å²) in [5.74, 6) is 1.50. The molecule has 0 bridgehead atoms. The number of hydrogen-bond acceptors (Lipinski definition) is 7. The highest BCUT2D eigenvalue weighted by Crippen LogP contribution is 2.45. The van der Waals surface area contributed by atoms with Gasteiger partial charge in [-0.05, 0) is 30.5 Å². The standard InChI is InChI=1S/C23H22FN7OS/c1-12(2)11-33-21-20-26-8-9-31(20)10-15(27-21)18-28-17(25)16-19(29-18)30-22(32)23(16,3)13-4-6-14(24)7-5-13/h4-10,12H,11H2,1-3H3,(H3,25,28,29,30,32). The third-order valence-electron chi connectivity index (χ3n) is 5.67. The number of nitrogens with zero attached hydrogens (tertiary/aromatic N) is 5. The summed E-state index contributed by atoms with van der Waals surface area (Å²) in [5, 5.41) is 3.60. The summed E-state index contributed by atoms with van der Waals surface area (Å²) in [6.45, 7) is 6.02. The molecule has 4 heterocycles. The first-order valence-corrected chi connectivity index (χ1v) is 11.5. The number of hydrogen-bond donors (Lipinski definition) is 2. The lowest BCUT2D eigenvalue weighted by Gasteiger charge is -2.23. The Balaban J connectivity index is 1.61. The Morgan fingerprint density at radius 1 is 1.21 bits per heavy atom. The second kappa shape index (κ2) is 7.80. The highest BCUT2D eigenvalue weighted by atomic mass is 32.2. The van der Waals surface area contributed by atoms with Gasteiger partial charge in [-0.25, -0.2) is 24.3 Å². The Kier molecular flexibility index (Phi) is 5.04. The Bertz CT molecular complexity index is 1390. The van der Waals surface area contributed by atoms with E-state index in [0.717, 1.165) is 16.4 Å². The minimum absolute atomic E-state index is 0.170. The van der Waals surface area contributed by atoms with Gasteiger partial charge in [0.25, 0.3) is 0 Å². The van der Waals surface area contributed by atoms with Gasteiger partial charge in [0, 0.05) is 24.3 Å². The molecule has 3 N–H and O–H groups in total. The van der Waals surface area contributed by atoms with Crippen LogP contribution in [0.25, 0.3) is 17.2 Å². The van der Waals surface area contributed by atoms with Crippen molar-refractivity contribution in [2.75, 3.05) is 16.8 Å². The first-order chi connectivity index (χ1) is 15.8. The van der Waals surface area contributed by atoms with Crippen LogP contribution in [0.5, 0.6) is 0 Å². The van der Waals surface area contributed by atoms with E-state index in [2.05, 4.69) is 34.1 Å². The zero-order valence-electron chi connectivity index (χ0n) is 18.3. The van der Waals surface area contributed by atoms with Crippen molar-refractivity contribution in [3.63, 3.8) is 0 Å². The Morgan fingerprint density at radius 3 is 2.70 bits per heavy atom. The third kappa shape index (κ3) is 3.50. The van der Waals surface area contributed by atoms with Gasteiger partial charge in [-0.2, -0.15) is 0 Å². The van der Waals surface area contributed by atoms with Crippen molar-refractivity contribution in [2.45, 2.75) is 31.2 Å². The molecule has 0 fully saturated rings. The number of nitrogens with two attached hydrogens (primary N) is 1. The van der Waals surface area contributed by atoms with E-state index in [1.165, 1.54) is 12.1 Å². The third-order valence-corrected chi connectivity index (χ3v) is 7.05. The van der Waals surface area contributed by atoms with Gasteiger partial charge >= 0.3 is 0 Å². The Morgan fingerprint density at radius 2 is 1.97 bits per heavy atom. The molecule has 1 amide bonds. The number of aromatic nitrogens is 5. The van der Waals surface area contributed by atoms with Gasteiger partial charge < -0.3 is 15.5 Å². The van der Waals surface area contributed by atoms with Gasteiger partial charge in [-0.3, -0.25) is 4.79 Å². The SMILES string of the molecule is CC(C)CSc1nc(-c2nc(N)c3c(n2)NC(=O)C3(C)c2ccc(F)cc2)cn2ccnc12. The number of halogens is 1. The van der Waals surface area contributed by atoms with E-state index in [0.29, 0.717) is 34.4 Å². The van der Waals surface area contributed by atoms with Gasteiger partial charge in [-0.15, -0.1) is 11.8 Å². The molecule has 0 saturated heterocycles. The van der Waals surface area contributed by atoms with Crippen molar-refractivity contribution in [2.24, 2.45) is 5.92 Å². The first kappa shape index (κ1) is 21.3. The number of nitrogen functional groups attached to an aromatic ring is 1. The molecule has 3 aromatic heterocycles. The van der Waals surface area contributed by atoms with Crippen LogP contribution in [-0.2, 0) is 10.2 Å². The second-order valence-electron chi connectivity index (χ2n) is 8.54. The number of benzene rings is 1. The van der Waals surface area contributed by atoms with Crippen molar-refractivity contribution < 1.29 is 9.18 Å². The van der Waals surface area contributed by atoms with Crippen LogP contribution in [0.3, 0.4) is 0 Å². The van der Waals surface area contributed by atoms with Crippen molar-refractivity contribution in [1.29, 1.82) is 0 Å². The molecule has 1 unspecified atom stereocenters. The fourth-order valence-corrected chi connectivity index (χ4v) is 4.88. The molecule has 0 spiro atoms. The molecule has 10 heteroatoms. The Hall–Kier alpha value is -3.53. The van der Waals surface area contributed by atoms with E-state index in [-0.39, 0.29) is 17.5 Å². The summed E-state index contributed by atoms with van der Waals surface area (Å²) < 4.78 is 15.3. The van der Waals surface area contributed by atoms with E-state index >= 15 is 0 Å². The normalized spacial score (nSPS) is 17.5. The van der Waals surface area contributed by atoms with Crippen LogP contribution >= 0.6 is 11.8 Å². The van der Waals surface area contributed by atoms with Crippen LogP contribution in [0, 0.1) is 11.7 Å². The minimum Gasteiger partial charge on any atom is -0.383 e. The molecule has 5 rings (SSSR count). The summed E-state index contributed by atoms with van der Waals surface area (Å²) in [6.07, 6.45) is 5.34. The van der Waals surface area contributed by atoms with Crippen LogP contribution in [0.2, 0.25) is 0 Å². The molecular weight excluding hydrogens is 441 g/mol.